The number of carbonyl (C=O) groups excluding carboxylic acids is 2. The SMILES string of the molecule is COc1ccc(CNC(=O)c2c(NC(=O)C3CCC(C(=O)O)CC3)sc3c2C2=CCCC23)cc1OC. The Hall–Kier alpha value is -3.33. The number of fused-ring (bicyclic) bond motifs is 4. The van der Waals surface area contributed by atoms with Gasteiger partial charge in [0.25, 0.3) is 5.91 Å². The maximum atomic E-state index is 13.4. The molecule has 0 spiro atoms. The number of ether oxygens (including phenoxy) is 2. The summed E-state index contributed by atoms with van der Waals surface area (Å²) in [6.45, 7) is 0.304. The molecule has 1 aromatic carbocycles. The first-order valence-corrected chi connectivity index (χ1v) is 13.1. The molecule has 3 N–H and O–H groups in total. The van der Waals surface area contributed by atoms with Gasteiger partial charge < -0.3 is 25.2 Å². The van der Waals surface area contributed by atoms with Crippen molar-refractivity contribution < 1.29 is 29.0 Å². The number of allylic oxidation sites excluding steroid dienone is 2. The Bertz CT molecular complexity index is 1240. The Kier molecular flexibility index (Phi) is 6.75. The second kappa shape index (κ2) is 9.97. The van der Waals surface area contributed by atoms with Gasteiger partial charge in [-0.15, -0.1) is 11.3 Å². The van der Waals surface area contributed by atoms with Crippen LogP contribution in [-0.4, -0.2) is 37.1 Å². The number of thiophene rings is 1. The van der Waals surface area contributed by atoms with E-state index in [1.165, 1.54) is 21.8 Å². The van der Waals surface area contributed by atoms with E-state index in [4.69, 9.17) is 9.47 Å². The van der Waals surface area contributed by atoms with Gasteiger partial charge in [-0.2, -0.15) is 0 Å². The number of anilines is 1. The molecule has 190 valence electrons. The van der Waals surface area contributed by atoms with Crippen molar-refractivity contribution in [3.63, 3.8) is 0 Å². The summed E-state index contributed by atoms with van der Waals surface area (Å²) >= 11 is 1.50. The van der Waals surface area contributed by atoms with Crippen molar-refractivity contribution in [1.82, 2.24) is 5.32 Å². The molecule has 1 fully saturated rings. The van der Waals surface area contributed by atoms with Crippen LogP contribution in [0.2, 0.25) is 0 Å². The molecule has 2 aromatic rings. The molecule has 1 saturated carbocycles. The molecule has 0 bridgehead atoms. The summed E-state index contributed by atoms with van der Waals surface area (Å²) in [4.78, 5) is 39.0. The molecule has 1 aromatic heterocycles. The summed E-state index contributed by atoms with van der Waals surface area (Å²) in [5.74, 6) is -0.190. The number of hydrogen-bond donors (Lipinski definition) is 3. The van der Waals surface area contributed by atoms with Crippen molar-refractivity contribution in [2.75, 3.05) is 19.5 Å². The lowest BCUT2D eigenvalue weighted by Crippen LogP contribution is -2.30. The Labute approximate surface area is 213 Å². The average molecular weight is 511 g/mol. The van der Waals surface area contributed by atoms with Gasteiger partial charge in [-0.1, -0.05) is 12.1 Å². The molecular formula is C27H30N2O6S. The number of nitrogens with one attached hydrogen (secondary N) is 2. The molecule has 8 nitrogen and oxygen atoms in total. The third kappa shape index (κ3) is 4.36. The van der Waals surface area contributed by atoms with Gasteiger partial charge in [0.1, 0.15) is 5.00 Å². The molecule has 5 rings (SSSR count). The summed E-state index contributed by atoms with van der Waals surface area (Å²) in [5, 5.41) is 15.9. The zero-order chi connectivity index (χ0) is 25.4. The predicted molar refractivity (Wildman–Crippen MR) is 137 cm³/mol. The molecule has 3 aliphatic carbocycles. The molecule has 1 unspecified atom stereocenters. The minimum Gasteiger partial charge on any atom is -0.493 e. The van der Waals surface area contributed by atoms with Gasteiger partial charge >= 0.3 is 5.97 Å². The van der Waals surface area contributed by atoms with Crippen LogP contribution in [0.3, 0.4) is 0 Å². The maximum absolute atomic E-state index is 13.4. The third-order valence-electron chi connectivity index (χ3n) is 7.55. The van der Waals surface area contributed by atoms with Crippen molar-refractivity contribution in [3.8, 4) is 11.5 Å². The van der Waals surface area contributed by atoms with Gasteiger partial charge in [0.05, 0.1) is 25.7 Å². The number of rotatable bonds is 8. The van der Waals surface area contributed by atoms with Gasteiger partial charge in [0, 0.05) is 28.8 Å². The van der Waals surface area contributed by atoms with Crippen molar-refractivity contribution >= 4 is 39.7 Å². The number of amides is 2. The van der Waals surface area contributed by atoms with Crippen LogP contribution >= 0.6 is 11.3 Å². The predicted octanol–water partition coefficient (Wildman–Crippen LogP) is 4.80. The van der Waals surface area contributed by atoms with E-state index in [1.807, 2.05) is 12.1 Å². The minimum absolute atomic E-state index is 0.131. The highest BCUT2D eigenvalue weighted by Crippen LogP contribution is 2.59. The molecule has 3 aliphatic rings. The van der Waals surface area contributed by atoms with E-state index < -0.39 is 5.97 Å². The van der Waals surface area contributed by atoms with Crippen molar-refractivity contribution in [1.29, 1.82) is 0 Å². The molecule has 0 saturated heterocycles. The lowest BCUT2D eigenvalue weighted by molar-refractivity contribution is -0.143. The van der Waals surface area contributed by atoms with Crippen LogP contribution in [-0.2, 0) is 16.1 Å². The summed E-state index contributed by atoms with van der Waals surface area (Å²) in [7, 11) is 3.15. The number of aliphatic carboxylic acids is 1. The largest absolute Gasteiger partial charge is 0.493 e. The van der Waals surface area contributed by atoms with Crippen LogP contribution < -0.4 is 20.1 Å². The van der Waals surface area contributed by atoms with Gasteiger partial charge in [0.2, 0.25) is 5.91 Å². The zero-order valence-corrected chi connectivity index (χ0v) is 21.2. The topological polar surface area (TPSA) is 114 Å². The van der Waals surface area contributed by atoms with E-state index >= 15 is 0 Å². The summed E-state index contributed by atoms with van der Waals surface area (Å²) in [6.07, 6.45) is 6.34. The molecule has 9 heteroatoms. The highest BCUT2D eigenvalue weighted by molar-refractivity contribution is 7.17. The lowest BCUT2D eigenvalue weighted by Gasteiger charge is -2.26. The van der Waals surface area contributed by atoms with Gasteiger partial charge in [-0.3, -0.25) is 14.4 Å². The van der Waals surface area contributed by atoms with Crippen molar-refractivity contribution in [3.05, 3.63) is 45.8 Å². The molecule has 2 amide bonds. The molecular weight excluding hydrogens is 480 g/mol. The van der Waals surface area contributed by atoms with E-state index in [9.17, 15) is 19.5 Å². The third-order valence-corrected chi connectivity index (χ3v) is 8.77. The van der Waals surface area contributed by atoms with E-state index in [-0.39, 0.29) is 23.7 Å². The molecule has 36 heavy (non-hydrogen) atoms. The fourth-order valence-electron chi connectivity index (χ4n) is 5.54. The quantitative estimate of drug-likeness (QED) is 0.470. The second-order valence-corrected chi connectivity index (χ2v) is 10.6. The fraction of sp³-hybridized carbons (Fsp3) is 0.444. The first-order valence-electron chi connectivity index (χ1n) is 12.3. The van der Waals surface area contributed by atoms with Crippen LogP contribution in [0, 0.1) is 11.8 Å². The molecule has 0 radical (unpaired) electrons. The highest BCUT2D eigenvalue weighted by Gasteiger charge is 2.42. The van der Waals surface area contributed by atoms with Crippen LogP contribution in [0.5, 0.6) is 11.5 Å². The number of carbonyl (C=O) groups is 3. The standard InChI is InChI=1S/C27H30N2O6S/c1-34-19-11-6-14(12-20(19)35-2)13-28-25(31)22-21-17-4-3-5-18(17)23(21)36-26(22)29-24(30)15-7-9-16(10-8-15)27(32)33/h4,6,11-12,15-16,18H,3,5,7-10,13H2,1-2H3,(H,28,31)(H,29,30)(H,32,33). The summed E-state index contributed by atoms with van der Waals surface area (Å²) < 4.78 is 10.6. The second-order valence-electron chi connectivity index (χ2n) is 9.58. The van der Waals surface area contributed by atoms with Crippen molar-refractivity contribution in [2.24, 2.45) is 11.8 Å². The monoisotopic (exact) mass is 510 g/mol. The van der Waals surface area contributed by atoms with Crippen molar-refractivity contribution in [2.45, 2.75) is 51.0 Å². The van der Waals surface area contributed by atoms with E-state index in [0.717, 1.165) is 24.0 Å². The van der Waals surface area contributed by atoms with Crippen LogP contribution in [0.1, 0.15) is 70.8 Å². The smallest absolute Gasteiger partial charge is 0.306 e. The Morgan fingerprint density at radius 3 is 2.44 bits per heavy atom. The minimum atomic E-state index is -0.791. The molecule has 1 atom stereocenters. The summed E-state index contributed by atoms with van der Waals surface area (Å²) in [6, 6.07) is 5.51. The molecule has 0 aliphatic heterocycles. The normalized spacial score (nSPS) is 21.9. The van der Waals surface area contributed by atoms with Crippen LogP contribution in [0.4, 0.5) is 5.00 Å². The van der Waals surface area contributed by atoms with Gasteiger partial charge in [-0.05, 0) is 61.8 Å². The molecule has 1 heterocycles. The number of benzene rings is 1. The number of methoxy groups -OCH3 is 2. The number of carboxylic acid groups (broad SMARTS) is 1. The Morgan fingerprint density at radius 1 is 1.03 bits per heavy atom. The van der Waals surface area contributed by atoms with Crippen LogP contribution in [0.25, 0.3) is 5.57 Å². The first kappa shape index (κ1) is 24.4. The summed E-state index contributed by atoms with van der Waals surface area (Å²) in [5.41, 5.74) is 3.58. The Balaban J connectivity index is 1.33. The van der Waals surface area contributed by atoms with Gasteiger partial charge in [0.15, 0.2) is 11.5 Å². The Morgan fingerprint density at radius 2 is 1.75 bits per heavy atom. The van der Waals surface area contributed by atoms with E-state index in [2.05, 4.69) is 16.7 Å². The number of hydrogen-bond acceptors (Lipinski definition) is 6. The fourth-order valence-corrected chi connectivity index (χ4v) is 6.91. The van der Waals surface area contributed by atoms with E-state index in [0.29, 0.717) is 60.2 Å². The highest BCUT2D eigenvalue weighted by atomic mass is 32.1. The lowest BCUT2D eigenvalue weighted by atomic mass is 9.78. The van der Waals surface area contributed by atoms with Gasteiger partial charge in [-0.25, -0.2) is 0 Å². The average Bonchev–Trinajstić information content (AvgIpc) is 3.45. The first-order chi connectivity index (χ1) is 17.4. The zero-order valence-electron chi connectivity index (χ0n) is 20.4. The van der Waals surface area contributed by atoms with Crippen LogP contribution in [0.15, 0.2) is 24.3 Å². The van der Waals surface area contributed by atoms with E-state index in [1.54, 1.807) is 20.3 Å². The maximum Gasteiger partial charge on any atom is 0.306 e. The number of carboxylic acids is 1.